The quantitative estimate of drug-likeness (QED) is 0.563. The van der Waals surface area contributed by atoms with Crippen molar-refractivity contribution < 1.29 is 27.5 Å². The Morgan fingerprint density at radius 2 is 1.94 bits per heavy atom. The number of hydrogen-bond donors (Lipinski definition) is 2. The number of para-hydroxylation sites is 2. The second-order valence-electron chi connectivity index (χ2n) is 8.15. The molecule has 8 nitrogen and oxygen atoms in total. The zero-order chi connectivity index (χ0) is 24.1. The maximum absolute atomic E-state index is 12.7. The molecule has 0 aliphatic carbocycles. The monoisotopic (exact) mass is 475 g/mol. The molecule has 2 aliphatic rings. The van der Waals surface area contributed by atoms with E-state index in [1.54, 1.807) is 11.1 Å². The van der Waals surface area contributed by atoms with E-state index in [9.17, 15) is 18.0 Å². The molecule has 1 aromatic carbocycles. The van der Waals surface area contributed by atoms with Crippen LogP contribution in [0.25, 0.3) is 11.0 Å². The number of rotatable bonds is 4. The number of carbonyl (C=O) groups excluding carboxylic acids is 2. The molecular formula is C23H24F3N5O3. The van der Waals surface area contributed by atoms with E-state index < -0.39 is 12.5 Å². The highest BCUT2D eigenvalue weighted by atomic mass is 19.4. The lowest BCUT2D eigenvalue weighted by Crippen LogP contribution is -2.56. The first-order valence-corrected chi connectivity index (χ1v) is 10.9. The van der Waals surface area contributed by atoms with Gasteiger partial charge in [-0.25, -0.2) is 9.97 Å². The molecule has 2 aliphatic heterocycles. The zero-order valence-electron chi connectivity index (χ0n) is 18.2. The molecule has 2 saturated heterocycles. The van der Waals surface area contributed by atoms with Crippen molar-refractivity contribution in [3.8, 4) is 5.88 Å². The molecule has 0 bridgehead atoms. The van der Waals surface area contributed by atoms with Gasteiger partial charge in [0.1, 0.15) is 6.10 Å². The summed E-state index contributed by atoms with van der Waals surface area (Å²) >= 11 is 0. The smallest absolute Gasteiger partial charge is 0.446 e. The number of halogens is 3. The summed E-state index contributed by atoms with van der Waals surface area (Å²) in [4.78, 5) is 35.1. The van der Waals surface area contributed by atoms with Crippen molar-refractivity contribution in [3.05, 3.63) is 54.0 Å². The molecule has 34 heavy (non-hydrogen) atoms. The van der Waals surface area contributed by atoms with Crippen LogP contribution in [-0.4, -0.2) is 70.5 Å². The van der Waals surface area contributed by atoms with Gasteiger partial charge in [-0.2, -0.15) is 13.2 Å². The van der Waals surface area contributed by atoms with Crippen molar-refractivity contribution in [1.29, 1.82) is 0 Å². The van der Waals surface area contributed by atoms with E-state index in [4.69, 9.17) is 9.53 Å². The van der Waals surface area contributed by atoms with Crippen LogP contribution in [0.15, 0.2) is 42.6 Å². The first-order chi connectivity index (χ1) is 16.3. The van der Waals surface area contributed by atoms with Crippen molar-refractivity contribution in [2.24, 2.45) is 0 Å². The van der Waals surface area contributed by atoms with Crippen molar-refractivity contribution in [3.63, 3.8) is 0 Å². The van der Waals surface area contributed by atoms with Crippen molar-refractivity contribution in [2.45, 2.75) is 31.0 Å². The van der Waals surface area contributed by atoms with Crippen LogP contribution in [0, 0.1) is 0 Å². The first-order valence-electron chi connectivity index (χ1n) is 10.9. The minimum Gasteiger partial charge on any atom is -0.470 e. The van der Waals surface area contributed by atoms with Gasteiger partial charge in [-0.05, 0) is 37.6 Å². The second kappa shape index (κ2) is 10.2. The fourth-order valence-corrected chi connectivity index (χ4v) is 3.97. The third kappa shape index (κ3) is 5.71. The number of fused-ring (bicyclic) bond motifs is 1. The molecule has 4 heterocycles. The summed E-state index contributed by atoms with van der Waals surface area (Å²) in [5.74, 6) is 1.43. The molecule has 2 fully saturated rings. The Kier molecular flexibility index (Phi) is 7.11. The van der Waals surface area contributed by atoms with Crippen molar-refractivity contribution >= 4 is 23.2 Å². The summed E-state index contributed by atoms with van der Waals surface area (Å²) in [5, 5.41) is 3.45. The predicted molar refractivity (Wildman–Crippen MR) is 118 cm³/mol. The van der Waals surface area contributed by atoms with Crippen molar-refractivity contribution in [1.82, 2.24) is 25.2 Å². The molecule has 1 amide bonds. The molecule has 3 aromatic rings. The highest BCUT2D eigenvalue weighted by Gasteiger charge is 2.35. The number of hydrogen-bond acceptors (Lipinski definition) is 6. The van der Waals surface area contributed by atoms with Crippen LogP contribution in [0.3, 0.4) is 0 Å². The van der Waals surface area contributed by atoms with E-state index in [-0.39, 0.29) is 12.0 Å². The fourth-order valence-electron chi connectivity index (χ4n) is 3.97. The molecule has 180 valence electrons. The van der Waals surface area contributed by atoms with Gasteiger partial charge in [0.2, 0.25) is 12.2 Å². The highest BCUT2D eigenvalue weighted by Crippen LogP contribution is 2.31. The van der Waals surface area contributed by atoms with Gasteiger partial charge in [0.15, 0.2) is 5.82 Å². The summed E-state index contributed by atoms with van der Waals surface area (Å²) in [5.41, 5.74) is 2.84. The lowest BCUT2D eigenvalue weighted by molar-refractivity contribution is -0.156. The van der Waals surface area contributed by atoms with Gasteiger partial charge in [-0.1, -0.05) is 18.2 Å². The van der Waals surface area contributed by atoms with Gasteiger partial charge < -0.3 is 19.9 Å². The van der Waals surface area contributed by atoms with E-state index in [2.05, 4.69) is 26.3 Å². The SMILES string of the molecule is O=C(c1nc2ccccc2[nH]1)N1CC(Oc2ncccc2C2CCCNC2)C1.O=CC(F)(F)F. The van der Waals surface area contributed by atoms with Crippen LogP contribution >= 0.6 is 0 Å². The molecule has 2 aromatic heterocycles. The number of benzene rings is 1. The van der Waals surface area contributed by atoms with Gasteiger partial charge in [-0.15, -0.1) is 0 Å². The molecule has 0 spiro atoms. The number of nitrogens with one attached hydrogen (secondary N) is 2. The number of alkyl halides is 3. The van der Waals surface area contributed by atoms with Gasteiger partial charge in [-0.3, -0.25) is 9.59 Å². The van der Waals surface area contributed by atoms with Crippen LogP contribution < -0.4 is 10.1 Å². The topological polar surface area (TPSA) is 100 Å². The number of nitrogens with zero attached hydrogens (tertiary/aromatic N) is 3. The van der Waals surface area contributed by atoms with Gasteiger partial charge in [0.25, 0.3) is 5.91 Å². The Morgan fingerprint density at radius 1 is 1.18 bits per heavy atom. The number of pyridine rings is 1. The molecular weight excluding hydrogens is 451 g/mol. The number of amides is 1. The molecule has 5 rings (SSSR count). The first kappa shape index (κ1) is 23.7. The third-order valence-corrected chi connectivity index (χ3v) is 5.68. The molecule has 0 radical (unpaired) electrons. The van der Waals surface area contributed by atoms with E-state index in [1.165, 1.54) is 6.42 Å². The molecule has 11 heteroatoms. The van der Waals surface area contributed by atoms with Crippen LogP contribution in [0.4, 0.5) is 13.2 Å². The zero-order valence-corrected chi connectivity index (χ0v) is 18.2. The van der Waals surface area contributed by atoms with Gasteiger partial charge in [0.05, 0.1) is 24.1 Å². The van der Waals surface area contributed by atoms with E-state index in [0.717, 1.165) is 36.1 Å². The van der Waals surface area contributed by atoms with E-state index >= 15 is 0 Å². The minimum absolute atomic E-state index is 0.0291. The average molecular weight is 475 g/mol. The van der Waals surface area contributed by atoms with Crippen LogP contribution in [0.5, 0.6) is 5.88 Å². The summed E-state index contributed by atoms with van der Waals surface area (Å²) in [6.07, 6.45) is -1.64. The standard InChI is InChI=1S/C21H23N5O2.C2HF3O/c27-21(19-24-17-7-1-2-8-18(17)25-19)26-12-15(13-26)28-20-16(6-4-10-23-20)14-5-3-9-22-11-14;3-2(4,5)1-6/h1-2,4,6-8,10,14-15,22H,3,5,9,11-13H2,(H,24,25);1H. The number of aromatic nitrogens is 3. The number of imidazole rings is 1. The summed E-state index contributed by atoms with van der Waals surface area (Å²) in [6, 6.07) is 11.7. The van der Waals surface area contributed by atoms with Crippen LogP contribution in [0.2, 0.25) is 0 Å². The molecule has 1 atom stereocenters. The lowest BCUT2D eigenvalue weighted by Gasteiger charge is -2.38. The van der Waals surface area contributed by atoms with Crippen LogP contribution in [-0.2, 0) is 4.79 Å². The average Bonchev–Trinajstić information content (AvgIpc) is 3.26. The number of ether oxygens (including phenoxy) is 1. The lowest BCUT2D eigenvalue weighted by atomic mass is 9.92. The van der Waals surface area contributed by atoms with Crippen molar-refractivity contribution in [2.75, 3.05) is 26.2 Å². The second-order valence-corrected chi connectivity index (χ2v) is 8.15. The van der Waals surface area contributed by atoms with E-state index in [1.807, 2.05) is 30.3 Å². The summed E-state index contributed by atoms with van der Waals surface area (Å²) in [7, 11) is 0. The Balaban J connectivity index is 0.000000408. The Bertz CT molecular complexity index is 1110. The number of aromatic amines is 1. The Labute approximate surface area is 193 Å². The molecule has 0 saturated carbocycles. The Morgan fingerprint density at radius 3 is 2.62 bits per heavy atom. The van der Waals surface area contributed by atoms with Gasteiger partial charge >= 0.3 is 6.18 Å². The van der Waals surface area contributed by atoms with Gasteiger partial charge in [0, 0.05) is 24.2 Å². The molecule has 1 unspecified atom stereocenters. The minimum atomic E-state index is -4.64. The van der Waals surface area contributed by atoms with E-state index in [0.29, 0.717) is 30.7 Å². The third-order valence-electron chi connectivity index (χ3n) is 5.68. The number of carbonyl (C=O) groups is 2. The highest BCUT2D eigenvalue weighted by molar-refractivity contribution is 5.94. The van der Waals surface area contributed by atoms with Crippen LogP contribution in [0.1, 0.15) is 34.9 Å². The Hall–Kier alpha value is -3.47. The summed E-state index contributed by atoms with van der Waals surface area (Å²) < 4.78 is 37.4. The number of likely N-dealkylation sites (tertiary alicyclic amines) is 1. The normalized spacial score (nSPS) is 18.6. The maximum atomic E-state index is 12.7. The predicted octanol–water partition coefficient (Wildman–Crippen LogP) is 3.08. The maximum Gasteiger partial charge on any atom is 0.446 e. The fraction of sp³-hybridized carbons (Fsp3) is 0.391. The largest absolute Gasteiger partial charge is 0.470 e. The summed E-state index contributed by atoms with van der Waals surface area (Å²) in [6.45, 7) is 3.14. The number of H-pyrrole nitrogens is 1. The number of aldehydes is 1. The molecule has 2 N–H and O–H groups in total. The number of piperidine rings is 1.